The van der Waals surface area contributed by atoms with Crippen LogP contribution in [0.4, 0.5) is 5.69 Å². The summed E-state index contributed by atoms with van der Waals surface area (Å²) in [5.41, 5.74) is 1.68. The van der Waals surface area contributed by atoms with E-state index in [1.807, 2.05) is 26.1 Å². The molecule has 5 heteroatoms. The van der Waals surface area contributed by atoms with Crippen molar-refractivity contribution >= 4 is 35.6 Å². The molecule has 1 amide bonds. The monoisotopic (exact) mass is 262 g/mol. The fourth-order valence-corrected chi connectivity index (χ4v) is 1.37. The summed E-state index contributed by atoms with van der Waals surface area (Å²) < 4.78 is 0. The van der Waals surface area contributed by atoms with E-state index in [0.717, 1.165) is 11.3 Å². The van der Waals surface area contributed by atoms with E-state index in [0.29, 0.717) is 18.0 Å². The van der Waals surface area contributed by atoms with Gasteiger partial charge in [-0.3, -0.25) is 4.79 Å². The van der Waals surface area contributed by atoms with Crippen LogP contribution in [0.5, 0.6) is 0 Å². The van der Waals surface area contributed by atoms with Crippen LogP contribution in [-0.2, 0) is 4.79 Å². The van der Waals surface area contributed by atoms with Crippen molar-refractivity contribution in [3.63, 3.8) is 0 Å². The van der Waals surface area contributed by atoms with Crippen molar-refractivity contribution in [2.75, 3.05) is 18.9 Å². The van der Waals surface area contributed by atoms with Gasteiger partial charge in [-0.05, 0) is 31.7 Å². The quantitative estimate of drug-likeness (QED) is 0.876. The molecule has 0 saturated carbocycles. The number of hydrogen-bond acceptors (Lipinski definition) is 2. The molecule has 0 aliphatic rings. The highest BCUT2D eigenvalue weighted by Gasteiger charge is 2.05. The molecule has 1 aromatic rings. The summed E-state index contributed by atoms with van der Waals surface area (Å²) in [5, 5.41) is 6.41. The number of benzene rings is 1. The standard InChI is InChI=1S/C11H15ClN2O.ClH/c1-8-9(12)4-3-5-10(8)14-11(15)6-7-13-2;/h3-5,13H,6-7H2,1-2H3,(H,14,15);1H. The number of rotatable bonds is 4. The Morgan fingerprint density at radius 3 is 2.75 bits per heavy atom. The normalized spacial score (nSPS) is 9.44. The predicted molar refractivity (Wildman–Crippen MR) is 70.6 cm³/mol. The van der Waals surface area contributed by atoms with Crippen molar-refractivity contribution in [1.82, 2.24) is 5.32 Å². The van der Waals surface area contributed by atoms with Gasteiger partial charge < -0.3 is 10.6 Å². The van der Waals surface area contributed by atoms with Crippen molar-refractivity contribution in [3.8, 4) is 0 Å². The molecule has 0 saturated heterocycles. The lowest BCUT2D eigenvalue weighted by Crippen LogP contribution is -2.19. The topological polar surface area (TPSA) is 41.1 Å². The zero-order valence-corrected chi connectivity index (χ0v) is 10.9. The Morgan fingerprint density at radius 1 is 1.44 bits per heavy atom. The fraction of sp³-hybridized carbons (Fsp3) is 0.364. The van der Waals surface area contributed by atoms with Gasteiger partial charge in [-0.2, -0.15) is 0 Å². The molecule has 90 valence electrons. The molecule has 3 nitrogen and oxygen atoms in total. The van der Waals surface area contributed by atoms with Gasteiger partial charge in [0.25, 0.3) is 0 Å². The van der Waals surface area contributed by atoms with Gasteiger partial charge in [-0.15, -0.1) is 12.4 Å². The number of nitrogens with one attached hydrogen (secondary N) is 2. The SMILES string of the molecule is CNCCC(=O)Nc1cccc(Cl)c1C.Cl. The van der Waals surface area contributed by atoms with Gasteiger partial charge in [0.2, 0.25) is 5.91 Å². The largest absolute Gasteiger partial charge is 0.326 e. The van der Waals surface area contributed by atoms with Crippen LogP contribution in [0.3, 0.4) is 0 Å². The molecule has 0 aromatic heterocycles. The molecular weight excluding hydrogens is 247 g/mol. The average Bonchev–Trinajstić information content (AvgIpc) is 2.22. The third kappa shape index (κ3) is 4.39. The number of carbonyl (C=O) groups excluding carboxylic acids is 1. The van der Waals surface area contributed by atoms with Gasteiger partial charge in [0.1, 0.15) is 0 Å². The van der Waals surface area contributed by atoms with E-state index in [4.69, 9.17) is 11.6 Å². The number of anilines is 1. The maximum absolute atomic E-state index is 11.4. The first-order chi connectivity index (χ1) is 7.15. The zero-order valence-electron chi connectivity index (χ0n) is 9.34. The van der Waals surface area contributed by atoms with Crippen LogP contribution in [-0.4, -0.2) is 19.5 Å². The summed E-state index contributed by atoms with van der Waals surface area (Å²) in [4.78, 5) is 11.4. The van der Waals surface area contributed by atoms with Crippen molar-refractivity contribution < 1.29 is 4.79 Å². The lowest BCUT2D eigenvalue weighted by molar-refractivity contribution is -0.116. The summed E-state index contributed by atoms with van der Waals surface area (Å²) >= 11 is 5.94. The minimum absolute atomic E-state index is 0. The van der Waals surface area contributed by atoms with Crippen LogP contribution in [0.2, 0.25) is 5.02 Å². The number of halogens is 2. The lowest BCUT2D eigenvalue weighted by atomic mass is 10.2. The van der Waals surface area contributed by atoms with Crippen LogP contribution < -0.4 is 10.6 Å². The van der Waals surface area contributed by atoms with E-state index in [1.165, 1.54) is 0 Å². The average molecular weight is 263 g/mol. The van der Waals surface area contributed by atoms with Gasteiger partial charge in [0.15, 0.2) is 0 Å². The third-order valence-electron chi connectivity index (χ3n) is 2.14. The number of hydrogen-bond donors (Lipinski definition) is 2. The van der Waals surface area contributed by atoms with E-state index >= 15 is 0 Å². The van der Waals surface area contributed by atoms with E-state index in [2.05, 4.69) is 10.6 Å². The highest BCUT2D eigenvalue weighted by Crippen LogP contribution is 2.22. The second kappa shape index (κ2) is 7.49. The first-order valence-corrected chi connectivity index (χ1v) is 5.22. The molecule has 0 heterocycles. The first-order valence-electron chi connectivity index (χ1n) is 4.84. The zero-order chi connectivity index (χ0) is 11.3. The molecule has 0 atom stereocenters. The molecule has 2 N–H and O–H groups in total. The summed E-state index contributed by atoms with van der Waals surface area (Å²) in [6.45, 7) is 2.56. The van der Waals surface area contributed by atoms with Crippen LogP contribution in [0, 0.1) is 6.92 Å². The van der Waals surface area contributed by atoms with E-state index in [-0.39, 0.29) is 18.3 Å². The minimum Gasteiger partial charge on any atom is -0.326 e. The van der Waals surface area contributed by atoms with Crippen molar-refractivity contribution in [2.45, 2.75) is 13.3 Å². The molecule has 0 radical (unpaired) electrons. The van der Waals surface area contributed by atoms with E-state index in [9.17, 15) is 4.79 Å². The van der Waals surface area contributed by atoms with Crippen molar-refractivity contribution in [1.29, 1.82) is 0 Å². The molecule has 0 aliphatic heterocycles. The molecule has 0 fully saturated rings. The predicted octanol–water partition coefficient (Wildman–Crippen LogP) is 2.62. The summed E-state index contributed by atoms with van der Waals surface area (Å²) in [6.07, 6.45) is 0.461. The number of carbonyl (C=O) groups is 1. The summed E-state index contributed by atoms with van der Waals surface area (Å²) in [6, 6.07) is 5.47. The first kappa shape index (κ1) is 15.2. The summed E-state index contributed by atoms with van der Waals surface area (Å²) in [7, 11) is 1.82. The highest BCUT2D eigenvalue weighted by atomic mass is 35.5. The number of amides is 1. The fourth-order valence-electron chi connectivity index (χ4n) is 1.19. The van der Waals surface area contributed by atoms with Gasteiger partial charge in [0, 0.05) is 23.7 Å². The van der Waals surface area contributed by atoms with Crippen LogP contribution in [0.1, 0.15) is 12.0 Å². The van der Waals surface area contributed by atoms with Crippen LogP contribution in [0.25, 0.3) is 0 Å². The Balaban J connectivity index is 0.00000225. The van der Waals surface area contributed by atoms with Crippen LogP contribution >= 0.6 is 24.0 Å². The summed E-state index contributed by atoms with van der Waals surface area (Å²) in [5.74, 6) is -0.00489. The Labute approximate surface area is 107 Å². The van der Waals surface area contributed by atoms with Gasteiger partial charge in [-0.25, -0.2) is 0 Å². The Kier molecular flexibility index (Phi) is 7.13. The second-order valence-corrected chi connectivity index (χ2v) is 3.72. The van der Waals surface area contributed by atoms with E-state index < -0.39 is 0 Å². The minimum atomic E-state index is -0.00489. The van der Waals surface area contributed by atoms with Gasteiger partial charge >= 0.3 is 0 Å². The molecule has 1 aromatic carbocycles. The lowest BCUT2D eigenvalue weighted by Gasteiger charge is -2.09. The molecule has 0 bridgehead atoms. The van der Waals surface area contributed by atoms with Gasteiger partial charge in [0.05, 0.1) is 0 Å². The molecule has 0 unspecified atom stereocenters. The van der Waals surface area contributed by atoms with Crippen molar-refractivity contribution in [3.05, 3.63) is 28.8 Å². The molecule has 0 spiro atoms. The smallest absolute Gasteiger partial charge is 0.225 e. The highest BCUT2D eigenvalue weighted by molar-refractivity contribution is 6.31. The maximum atomic E-state index is 11.4. The van der Waals surface area contributed by atoms with Crippen LogP contribution in [0.15, 0.2) is 18.2 Å². The maximum Gasteiger partial charge on any atom is 0.225 e. The Bertz CT molecular complexity index is 356. The molecular formula is C11H16Cl2N2O. The van der Waals surface area contributed by atoms with E-state index in [1.54, 1.807) is 6.07 Å². The third-order valence-corrected chi connectivity index (χ3v) is 2.55. The molecule has 0 aliphatic carbocycles. The molecule has 1 rings (SSSR count). The molecule has 16 heavy (non-hydrogen) atoms. The second-order valence-electron chi connectivity index (χ2n) is 3.31. The van der Waals surface area contributed by atoms with Gasteiger partial charge in [-0.1, -0.05) is 17.7 Å². The Morgan fingerprint density at radius 2 is 2.12 bits per heavy atom. The van der Waals surface area contributed by atoms with Crippen molar-refractivity contribution in [2.24, 2.45) is 0 Å². The Hall–Kier alpha value is -0.770.